The lowest BCUT2D eigenvalue weighted by Crippen LogP contribution is -2.13. The van der Waals surface area contributed by atoms with Crippen LogP contribution < -0.4 is 5.56 Å². The van der Waals surface area contributed by atoms with Crippen LogP contribution in [0, 0.1) is 6.92 Å². The van der Waals surface area contributed by atoms with Crippen LogP contribution in [0.2, 0.25) is 0 Å². The van der Waals surface area contributed by atoms with Crippen molar-refractivity contribution in [3.05, 3.63) is 76.6 Å². The highest BCUT2D eigenvalue weighted by Crippen LogP contribution is 2.36. The van der Waals surface area contributed by atoms with Gasteiger partial charge in [0.2, 0.25) is 0 Å². The zero-order chi connectivity index (χ0) is 19.1. The Labute approximate surface area is 156 Å². The van der Waals surface area contributed by atoms with Gasteiger partial charge in [0.05, 0.1) is 11.4 Å². The van der Waals surface area contributed by atoms with E-state index in [4.69, 9.17) is 0 Å². The standard InChI is InChI=1S/C22H20N2O3/c1-3-23-19-12-14(2)13-20(27)24(19)22(16-6-10-18(26)11-7-16)21(23)15-4-8-17(25)9-5-15/h4-13,25-26H,3H2,1-2H3. The Hall–Kier alpha value is -3.47. The van der Waals surface area contributed by atoms with Crippen LogP contribution in [0.5, 0.6) is 11.5 Å². The molecule has 0 saturated heterocycles. The lowest BCUT2D eigenvalue weighted by Gasteiger charge is -2.10. The third-order valence-corrected chi connectivity index (χ3v) is 4.75. The largest absolute Gasteiger partial charge is 0.508 e. The molecule has 4 aromatic rings. The van der Waals surface area contributed by atoms with Crippen LogP contribution in [-0.2, 0) is 6.54 Å². The molecule has 0 aliphatic rings. The summed E-state index contributed by atoms with van der Waals surface area (Å²) < 4.78 is 3.81. The summed E-state index contributed by atoms with van der Waals surface area (Å²) in [6.45, 7) is 4.63. The smallest absolute Gasteiger partial charge is 0.257 e. The number of nitrogens with zero attached hydrogens (tertiary/aromatic N) is 2. The third kappa shape index (κ3) is 2.77. The van der Waals surface area contributed by atoms with Crippen molar-refractivity contribution in [3.8, 4) is 34.0 Å². The Morgan fingerprint density at radius 2 is 1.33 bits per heavy atom. The Morgan fingerprint density at radius 1 is 0.815 bits per heavy atom. The fourth-order valence-corrected chi connectivity index (χ4v) is 3.57. The maximum atomic E-state index is 12.9. The number of rotatable bonds is 3. The lowest BCUT2D eigenvalue weighted by atomic mass is 10.0. The number of phenolic OH excluding ortho intramolecular Hbond substituents is 2. The van der Waals surface area contributed by atoms with Crippen molar-refractivity contribution in [2.45, 2.75) is 20.4 Å². The number of hydrogen-bond donors (Lipinski definition) is 2. The minimum Gasteiger partial charge on any atom is -0.508 e. The Balaban J connectivity index is 2.18. The summed E-state index contributed by atoms with van der Waals surface area (Å²) in [5.41, 5.74) is 5.02. The third-order valence-electron chi connectivity index (χ3n) is 4.75. The number of fused-ring (bicyclic) bond motifs is 1. The van der Waals surface area contributed by atoms with E-state index in [2.05, 4.69) is 4.57 Å². The topological polar surface area (TPSA) is 66.9 Å². The van der Waals surface area contributed by atoms with Crippen molar-refractivity contribution in [2.75, 3.05) is 0 Å². The number of aryl methyl sites for hydroxylation is 2. The van der Waals surface area contributed by atoms with E-state index in [1.54, 1.807) is 46.9 Å². The molecule has 0 aliphatic heterocycles. The van der Waals surface area contributed by atoms with E-state index in [1.807, 2.05) is 32.0 Å². The van der Waals surface area contributed by atoms with E-state index in [0.29, 0.717) is 6.54 Å². The Bertz CT molecular complexity index is 1180. The number of imidazole rings is 1. The number of aromatic hydroxyl groups is 2. The van der Waals surface area contributed by atoms with Crippen LogP contribution in [0.25, 0.3) is 28.2 Å². The van der Waals surface area contributed by atoms with E-state index in [9.17, 15) is 15.0 Å². The summed E-state index contributed by atoms with van der Waals surface area (Å²) in [5, 5.41) is 19.4. The molecule has 2 N–H and O–H groups in total. The maximum Gasteiger partial charge on any atom is 0.257 e. The highest BCUT2D eigenvalue weighted by atomic mass is 16.3. The van der Waals surface area contributed by atoms with Crippen molar-refractivity contribution >= 4 is 5.65 Å². The monoisotopic (exact) mass is 360 g/mol. The quantitative estimate of drug-likeness (QED) is 0.576. The Morgan fingerprint density at radius 3 is 1.85 bits per heavy atom. The first kappa shape index (κ1) is 17.0. The second-order valence-corrected chi connectivity index (χ2v) is 6.60. The van der Waals surface area contributed by atoms with Crippen molar-refractivity contribution < 1.29 is 10.2 Å². The van der Waals surface area contributed by atoms with Gasteiger partial charge < -0.3 is 14.8 Å². The van der Waals surface area contributed by atoms with E-state index in [-0.39, 0.29) is 17.1 Å². The van der Waals surface area contributed by atoms with Crippen LogP contribution in [0.1, 0.15) is 12.5 Å². The molecule has 0 saturated carbocycles. The zero-order valence-corrected chi connectivity index (χ0v) is 15.2. The van der Waals surface area contributed by atoms with Gasteiger partial charge in [0.1, 0.15) is 17.1 Å². The minimum absolute atomic E-state index is 0.0969. The summed E-state index contributed by atoms with van der Waals surface area (Å²) in [6.07, 6.45) is 0. The van der Waals surface area contributed by atoms with E-state index < -0.39 is 0 Å². The van der Waals surface area contributed by atoms with Crippen molar-refractivity contribution in [1.82, 2.24) is 8.97 Å². The lowest BCUT2D eigenvalue weighted by molar-refractivity contribution is 0.475. The zero-order valence-electron chi connectivity index (χ0n) is 15.2. The Kier molecular flexibility index (Phi) is 4.00. The number of hydrogen-bond acceptors (Lipinski definition) is 3. The summed E-state index contributed by atoms with van der Waals surface area (Å²) in [5.74, 6) is 0.365. The molecule has 0 fully saturated rings. The van der Waals surface area contributed by atoms with Crippen LogP contribution in [0.15, 0.2) is 65.5 Å². The van der Waals surface area contributed by atoms with Gasteiger partial charge in [0.25, 0.3) is 5.56 Å². The van der Waals surface area contributed by atoms with Gasteiger partial charge in [0.15, 0.2) is 0 Å². The van der Waals surface area contributed by atoms with Crippen molar-refractivity contribution in [3.63, 3.8) is 0 Å². The molecule has 0 amide bonds. The molecule has 27 heavy (non-hydrogen) atoms. The van der Waals surface area contributed by atoms with Gasteiger partial charge in [-0.05, 0) is 74.0 Å². The van der Waals surface area contributed by atoms with Gasteiger partial charge >= 0.3 is 0 Å². The van der Waals surface area contributed by atoms with Crippen LogP contribution >= 0.6 is 0 Å². The van der Waals surface area contributed by atoms with Gasteiger partial charge in [0, 0.05) is 23.7 Å². The molecule has 5 heteroatoms. The fourth-order valence-electron chi connectivity index (χ4n) is 3.57. The molecule has 0 aliphatic carbocycles. The first-order valence-electron chi connectivity index (χ1n) is 8.84. The molecule has 0 spiro atoms. The molecule has 0 bridgehead atoms. The molecule has 4 rings (SSSR count). The molecule has 0 radical (unpaired) electrons. The van der Waals surface area contributed by atoms with Gasteiger partial charge in [-0.3, -0.25) is 9.20 Å². The van der Waals surface area contributed by atoms with E-state index in [0.717, 1.165) is 33.7 Å². The minimum atomic E-state index is -0.0969. The van der Waals surface area contributed by atoms with Gasteiger partial charge in [-0.1, -0.05) is 0 Å². The molecular weight excluding hydrogens is 340 g/mol. The molecular formula is C22H20N2O3. The van der Waals surface area contributed by atoms with Gasteiger partial charge in [-0.25, -0.2) is 0 Å². The number of phenols is 2. The van der Waals surface area contributed by atoms with Crippen LogP contribution in [0.3, 0.4) is 0 Å². The highest BCUT2D eigenvalue weighted by molar-refractivity contribution is 5.83. The summed E-state index contributed by atoms with van der Waals surface area (Å²) in [6, 6.07) is 17.4. The fraction of sp³-hybridized carbons (Fsp3) is 0.136. The SMILES string of the molecule is CCn1c(-c2ccc(O)cc2)c(-c2ccc(O)cc2)n2c(=O)cc(C)cc12. The number of pyridine rings is 1. The van der Waals surface area contributed by atoms with E-state index in [1.165, 1.54) is 0 Å². The predicted molar refractivity (Wildman–Crippen MR) is 106 cm³/mol. The summed E-state index contributed by atoms with van der Waals surface area (Å²) >= 11 is 0. The van der Waals surface area contributed by atoms with Crippen LogP contribution in [-0.4, -0.2) is 19.2 Å². The van der Waals surface area contributed by atoms with Crippen molar-refractivity contribution in [2.24, 2.45) is 0 Å². The first-order chi connectivity index (χ1) is 13.0. The molecule has 2 heterocycles. The molecule has 0 atom stereocenters. The molecule has 136 valence electrons. The average molecular weight is 360 g/mol. The molecule has 2 aromatic heterocycles. The normalized spacial score (nSPS) is 11.2. The second kappa shape index (κ2) is 6.36. The summed E-state index contributed by atoms with van der Waals surface area (Å²) in [7, 11) is 0. The number of aromatic nitrogens is 2. The van der Waals surface area contributed by atoms with Crippen LogP contribution in [0.4, 0.5) is 0 Å². The maximum absolute atomic E-state index is 12.9. The molecule has 0 unspecified atom stereocenters. The van der Waals surface area contributed by atoms with E-state index >= 15 is 0 Å². The van der Waals surface area contributed by atoms with Gasteiger partial charge in [-0.2, -0.15) is 0 Å². The second-order valence-electron chi connectivity index (χ2n) is 6.60. The molecule has 2 aromatic carbocycles. The predicted octanol–water partition coefficient (Wildman–Crippen LogP) is 4.17. The van der Waals surface area contributed by atoms with Crippen molar-refractivity contribution in [1.29, 1.82) is 0 Å². The van der Waals surface area contributed by atoms with Gasteiger partial charge in [-0.15, -0.1) is 0 Å². The number of benzene rings is 2. The first-order valence-corrected chi connectivity index (χ1v) is 8.84. The highest BCUT2D eigenvalue weighted by Gasteiger charge is 2.21. The summed E-state index contributed by atoms with van der Waals surface area (Å²) in [4.78, 5) is 12.9. The molecule has 5 nitrogen and oxygen atoms in total. The average Bonchev–Trinajstić information content (AvgIpc) is 2.97.